The second-order valence-corrected chi connectivity index (χ2v) is 0. The highest BCUT2D eigenvalue weighted by atomic mass is 19.0. The smallest absolute Gasteiger partial charge is 0.269 e. The van der Waals surface area contributed by atoms with E-state index in [1.54, 1.807) is 0 Å². The van der Waals surface area contributed by atoms with Gasteiger partial charge in [-0.05, 0) is 0 Å². The number of hydrogen-bond acceptors (Lipinski definition) is 4. The van der Waals surface area contributed by atoms with Gasteiger partial charge in [-0.15, -0.1) is 0 Å². The van der Waals surface area contributed by atoms with E-state index in [4.69, 9.17) is 0 Å². The van der Waals surface area contributed by atoms with Gasteiger partial charge in [0, 0.05) is 0 Å². The Morgan fingerprint density at radius 1 is 0.400 bits per heavy atom. The molecule has 0 aliphatic rings. The number of hydrogen-bond donors (Lipinski definition) is 4. The van der Waals surface area contributed by atoms with Crippen molar-refractivity contribution in [2.45, 2.75) is 0 Å². The summed E-state index contributed by atoms with van der Waals surface area (Å²) < 4.78 is 0. The minimum Gasteiger partial charge on any atom is -0.344 e. The molecule has 0 radical (unpaired) electrons. The SMILES string of the molecule is F.N.N.N.N. The topological polar surface area (TPSA) is 140 Å². The standard InChI is InChI=1S/FH.4H3N/h1H;4*1H3. The molecule has 12 N–H and O–H groups in total. The van der Waals surface area contributed by atoms with E-state index < -0.39 is 0 Å². The minimum absolute atomic E-state index is 0. The summed E-state index contributed by atoms with van der Waals surface area (Å²) in [6, 6.07) is 0. The van der Waals surface area contributed by atoms with Crippen molar-refractivity contribution >= 4 is 0 Å². The largest absolute Gasteiger partial charge is 0.344 e. The van der Waals surface area contributed by atoms with E-state index in [9.17, 15) is 0 Å². The Kier molecular flexibility index (Phi) is 140000. The molecule has 0 aromatic carbocycles. The van der Waals surface area contributed by atoms with E-state index in [0.717, 1.165) is 0 Å². The van der Waals surface area contributed by atoms with Gasteiger partial charge in [0.1, 0.15) is 0 Å². The normalized spacial score (nSPS) is 0. The second kappa shape index (κ2) is 547. The summed E-state index contributed by atoms with van der Waals surface area (Å²) >= 11 is 0. The molecular weight excluding hydrogens is 75.0 g/mol. The van der Waals surface area contributed by atoms with Crippen LogP contribution >= 0.6 is 0 Å². The van der Waals surface area contributed by atoms with Crippen molar-refractivity contribution in [3.05, 3.63) is 0 Å². The number of rotatable bonds is 0. The number of halogens is 1. The van der Waals surface area contributed by atoms with E-state index >= 15 is 0 Å². The van der Waals surface area contributed by atoms with Gasteiger partial charge in [0.15, 0.2) is 0 Å². The first-order valence-corrected chi connectivity index (χ1v) is 0. The zero-order valence-corrected chi connectivity index (χ0v) is 3.24. The second-order valence-electron chi connectivity index (χ2n) is 0. The predicted molar refractivity (Wildman–Crippen MR) is 22.6 cm³/mol. The molecule has 0 spiro atoms. The molecule has 4 nitrogen and oxygen atoms in total. The molecule has 0 aromatic heterocycles. The quantitative estimate of drug-likeness (QED) is 0.347. The van der Waals surface area contributed by atoms with Gasteiger partial charge in [-0.1, -0.05) is 0 Å². The van der Waals surface area contributed by atoms with Crippen molar-refractivity contribution in [3.63, 3.8) is 0 Å². The van der Waals surface area contributed by atoms with E-state index in [0.29, 0.717) is 0 Å². The van der Waals surface area contributed by atoms with Crippen LogP contribution in [0.2, 0.25) is 0 Å². The maximum Gasteiger partial charge on any atom is -0.269 e. The van der Waals surface area contributed by atoms with E-state index in [1.807, 2.05) is 0 Å². The van der Waals surface area contributed by atoms with Crippen LogP contribution in [-0.4, -0.2) is 0 Å². The third kappa shape index (κ3) is 223. The van der Waals surface area contributed by atoms with Gasteiger partial charge in [-0.25, -0.2) is 0 Å². The fourth-order valence-corrected chi connectivity index (χ4v) is 0. The van der Waals surface area contributed by atoms with Crippen LogP contribution in [-0.2, 0) is 0 Å². The van der Waals surface area contributed by atoms with Gasteiger partial charge in [-0.2, -0.15) is 0 Å². The van der Waals surface area contributed by atoms with Gasteiger partial charge < -0.3 is 24.6 Å². The molecule has 0 heterocycles. The molecule has 0 saturated heterocycles. The summed E-state index contributed by atoms with van der Waals surface area (Å²) in [6.45, 7) is 0. The van der Waals surface area contributed by atoms with Crippen LogP contribution < -0.4 is 24.6 Å². The first kappa shape index (κ1) is 1280. The van der Waals surface area contributed by atoms with Crippen LogP contribution in [0.1, 0.15) is 0 Å². The molecule has 0 aliphatic carbocycles. The molecule has 0 amide bonds. The van der Waals surface area contributed by atoms with Crippen LogP contribution in [0.5, 0.6) is 0 Å². The van der Waals surface area contributed by atoms with Gasteiger partial charge in [0.05, 0.1) is 0 Å². The molecule has 0 rings (SSSR count). The third-order valence-electron chi connectivity index (χ3n) is 0. The first-order chi connectivity index (χ1) is 0. The van der Waals surface area contributed by atoms with Crippen LogP contribution in [0.3, 0.4) is 0 Å². The van der Waals surface area contributed by atoms with Gasteiger partial charge in [-0.3, -0.25) is 4.70 Å². The lowest BCUT2D eigenvalue weighted by molar-refractivity contribution is 1.11. The Morgan fingerprint density at radius 2 is 0.400 bits per heavy atom. The first-order valence-electron chi connectivity index (χ1n) is 0. The van der Waals surface area contributed by atoms with E-state index in [-0.39, 0.29) is 29.3 Å². The molecule has 0 aliphatic heterocycles. The maximum atomic E-state index is 0. The lowest BCUT2D eigenvalue weighted by Gasteiger charge is -0.345. The van der Waals surface area contributed by atoms with E-state index in [2.05, 4.69) is 0 Å². The Morgan fingerprint density at radius 3 is 0.400 bits per heavy atom. The van der Waals surface area contributed by atoms with E-state index in [1.165, 1.54) is 0 Å². The highest BCUT2D eigenvalue weighted by Crippen LogP contribution is 0.420. The maximum absolute atomic E-state index is 0. The lowest BCUT2D eigenvalue weighted by Crippen LogP contribution is -0.482. The zero-order valence-electron chi connectivity index (χ0n) is 3.24. The summed E-state index contributed by atoms with van der Waals surface area (Å²) in [5.74, 6) is 0. The minimum atomic E-state index is 0. The van der Waals surface area contributed by atoms with Crippen molar-refractivity contribution in [2.75, 3.05) is 0 Å². The summed E-state index contributed by atoms with van der Waals surface area (Å²) in [5, 5.41) is 0. The highest BCUT2D eigenvalue weighted by Gasteiger charge is -0.269. The molecule has 0 atom stereocenters. The Hall–Kier alpha value is -0.230. The average molecular weight is 88.1 g/mol. The van der Waals surface area contributed by atoms with Gasteiger partial charge >= 0.3 is 0 Å². The van der Waals surface area contributed by atoms with Crippen molar-refractivity contribution in [1.82, 2.24) is 24.6 Å². The molecule has 0 fully saturated rings. The molecule has 40 valence electrons. The lowest BCUT2D eigenvalue weighted by atomic mass is 14.0. The summed E-state index contributed by atoms with van der Waals surface area (Å²) in [4.78, 5) is 0. The Balaban J connectivity index is 0. The van der Waals surface area contributed by atoms with Crippen molar-refractivity contribution in [2.24, 2.45) is 0 Å². The van der Waals surface area contributed by atoms with Gasteiger partial charge in [0.2, 0.25) is 0 Å². The molecule has 5 heavy (non-hydrogen) atoms. The van der Waals surface area contributed by atoms with Crippen molar-refractivity contribution < 1.29 is 4.70 Å². The fourth-order valence-electron chi connectivity index (χ4n) is 0. The van der Waals surface area contributed by atoms with Gasteiger partial charge in [0.25, 0.3) is 0 Å². The average Bonchev–Trinajstić information content (AvgIpc) is 0. The molecule has 0 saturated carbocycles. The Bertz CT molecular complexity index is 3.61. The summed E-state index contributed by atoms with van der Waals surface area (Å²) in [6.07, 6.45) is 0. The van der Waals surface area contributed by atoms with Crippen LogP contribution in [0.15, 0.2) is 0 Å². The van der Waals surface area contributed by atoms with Crippen molar-refractivity contribution in [1.29, 1.82) is 0 Å². The molecule has 0 unspecified atom stereocenters. The van der Waals surface area contributed by atoms with Crippen LogP contribution in [0.25, 0.3) is 0 Å². The monoisotopic (exact) mass is 88.1 g/mol. The summed E-state index contributed by atoms with van der Waals surface area (Å²) in [5.41, 5.74) is 0. The third-order valence-corrected chi connectivity index (χ3v) is 0. The molecule has 5 heteroatoms. The predicted octanol–water partition coefficient (Wildman–Crippen LogP) is 0.800. The van der Waals surface area contributed by atoms with Crippen LogP contribution in [0.4, 0.5) is 4.70 Å². The molecular formula is H13FN4. The molecule has 0 aromatic rings. The van der Waals surface area contributed by atoms with Crippen molar-refractivity contribution in [3.8, 4) is 0 Å². The summed E-state index contributed by atoms with van der Waals surface area (Å²) in [7, 11) is 0. The Labute approximate surface area is 30.6 Å². The highest BCUT2D eigenvalue weighted by molar-refractivity contribution is 2.14. The zero-order chi connectivity index (χ0) is 0. The molecule has 0 bridgehead atoms. The van der Waals surface area contributed by atoms with Crippen LogP contribution in [0, 0.1) is 0 Å². The fraction of sp³-hybridized carbons (Fsp3) is 0.